The van der Waals surface area contributed by atoms with Gasteiger partial charge in [0.2, 0.25) is 5.91 Å². The van der Waals surface area contributed by atoms with E-state index in [1.165, 1.54) is 0 Å². The third-order valence-electron chi connectivity index (χ3n) is 4.51. The van der Waals surface area contributed by atoms with Crippen molar-refractivity contribution in [3.05, 3.63) is 24.3 Å². The molecular formula is C18H27N3O4. The summed E-state index contributed by atoms with van der Waals surface area (Å²) in [4.78, 5) is 27.6. The second-order valence-corrected chi connectivity index (χ2v) is 6.37. The third kappa shape index (κ3) is 4.85. The van der Waals surface area contributed by atoms with Gasteiger partial charge in [-0.2, -0.15) is 0 Å². The number of anilines is 1. The normalized spacial score (nSPS) is 17.2. The lowest BCUT2D eigenvalue weighted by molar-refractivity contribution is -0.140. The molecule has 0 radical (unpaired) electrons. The summed E-state index contributed by atoms with van der Waals surface area (Å²) in [6.45, 7) is 5.99. The highest BCUT2D eigenvalue weighted by Gasteiger charge is 2.28. The van der Waals surface area contributed by atoms with Gasteiger partial charge in [-0.1, -0.05) is 25.5 Å². The molecule has 0 saturated carbocycles. The van der Waals surface area contributed by atoms with Crippen LogP contribution in [0, 0.1) is 0 Å². The number of phenols is 1. The smallest absolute Gasteiger partial charge is 0.320 e. The van der Waals surface area contributed by atoms with Gasteiger partial charge in [-0.05, 0) is 25.5 Å². The predicted octanol–water partition coefficient (Wildman–Crippen LogP) is 1.27. The van der Waals surface area contributed by atoms with Crippen molar-refractivity contribution in [1.82, 2.24) is 10.2 Å². The zero-order valence-electron chi connectivity index (χ0n) is 14.8. The molecule has 2 atom stereocenters. The standard InChI is InChI=1S/C18H27N3O4/c1-3-6-14(18(24)25)19-13(2)17(23)21-11-9-20(10-12-21)15-7-4-5-8-16(15)22/h4-5,7-8,13-14,19,22H,3,6,9-12H2,1-2H3,(H,24,25). The quantitative estimate of drug-likeness (QED) is 0.686. The van der Waals surface area contributed by atoms with Crippen LogP contribution < -0.4 is 10.2 Å². The van der Waals surface area contributed by atoms with Crippen molar-refractivity contribution in [3.63, 3.8) is 0 Å². The minimum absolute atomic E-state index is 0.0840. The number of phenolic OH excluding ortho intramolecular Hbond substituents is 1. The van der Waals surface area contributed by atoms with Gasteiger partial charge in [-0.25, -0.2) is 0 Å². The Balaban J connectivity index is 1.90. The molecule has 1 amide bonds. The summed E-state index contributed by atoms with van der Waals surface area (Å²) < 4.78 is 0. The fourth-order valence-electron chi connectivity index (χ4n) is 3.11. The molecule has 7 nitrogen and oxygen atoms in total. The maximum atomic E-state index is 12.6. The van der Waals surface area contributed by atoms with Crippen molar-refractivity contribution < 1.29 is 19.8 Å². The molecule has 25 heavy (non-hydrogen) atoms. The van der Waals surface area contributed by atoms with Crippen LogP contribution in [-0.4, -0.2) is 65.3 Å². The van der Waals surface area contributed by atoms with E-state index in [1.807, 2.05) is 24.0 Å². The minimum Gasteiger partial charge on any atom is -0.506 e. The summed E-state index contributed by atoms with van der Waals surface area (Å²) >= 11 is 0. The number of rotatable bonds is 7. The van der Waals surface area contributed by atoms with E-state index in [0.29, 0.717) is 32.6 Å². The Hall–Kier alpha value is -2.28. The van der Waals surface area contributed by atoms with Gasteiger partial charge in [0.05, 0.1) is 11.7 Å². The lowest BCUT2D eigenvalue weighted by Gasteiger charge is -2.37. The number of hydrogen-bond acceptors (Lipinski definition) is 5. The summed E-state index contributed by atoms with van der Waals surface area (Å²) in [7, 11) is 0. The summed E-state index contributed by atoms with van der Waals surface area (Å²) in [5, 5.41) is 22.1. The van der Waals surface area contributed by atoms with Crippen molar-refractivity contribution in [2.75, 3.05) is 31.1 Å². The van der Waals surface area contributed by atoms with E-state index in [2.05, 4.69) is 5.32 Å². The Morgan fingerprint density at radius 1 is 1.20 bits per heavy atom. The van der Waals surface area contributed by atoms with Crippen LogP contribution in [0.3, 0.4) is 0 Å². The van der Waals surface area contributed by atoms with E-state index in [1.54, 1.807) is 24.0 Å². The number of hydrogen-bond donors (Lipinski definition) is 3. The molecule has 7 heteroatoms. The van der Waals surface area contributed by atoms with E-state index < -0.39 is 18.1 Å². The van der Waals surface area contributed by atoms with E-state index in [0.717, 1.165) is 12.1 Å². The van der Waals surface area contributed by atoms with Crippen LogP contribution >= 0.6 is 0 Å². The molecule has 1 aromatic carbocycles. The topological polar surface area (TPSA) is 93.1 Å². The van der Waals surface area contributed by atoms with Crippen molar-refractivity contribution in [2.24, 2.45) is 0 Å². The summed E-state index contributed by atoms with van der Waals surface area (Å²) in [5.74, 6) is -0.772. The molecule has 1 aliphatic heterocycles. The molecule has 1 aliphatic rings. The molecule has 3 N–H and O–H groups in total. The predicted molar refractivity (Wildman–Crippen MR) is 95.8 cm³/mol. The number of carbonyl (C=O) groups excluding carboxylic acids is 1. The first-order valence-electron chi connectivity index (χ1n) is 8.74. The van der Waals surface area contributed by atoms with Gasteiger partial charge >= 0.3 is 5.97 Å². The maximum Gasteiger partial charge on any atom is 0.320 e. The molecule has 0 spiro atoms. The monoisotopic (exact) mass is 349 g/mol. The maximum absolute atomic E-state index is 12.6. The number of nitrogens with zero attached hydrogens (tertiary/aromatic N) is 2. The second kappa shape index (κ2) is 8.71. The fourth-order valence-corrected chi connectivity index (χ4v) is 3.11. The highest BCUT2D eigenvalue weighted by molar-refractivity contribution is 5.83. The third-order valence-corrected chi connectivity index (χ3v) is 4.51. The van der Waals surface area contributed by atoms with E-state index in [9.17, 15) is 19.8 Å². The van der Waals surface area contributed by atoms with Crippen LogP contribution in [0.2, 0.25) is 0 Å². The Bertz CT molecular complexity index is 600. The van der Waals surface area contributed by atoms with Crippen molar-refractivity contribution in [2.45, 2.75) is 38.8 Å². The van der Waals surface area contributed by atoms with Crippen LogP contribution in [0.4, 0.5) is 5.69 Å². The molecule has 138 valence electrons. The molecule has 0 aromatic heterocycles. The largest absolute Gasteiger partial charge is 0.506 e. The first kappa shape index (κ1) is 19.1. The molecule has 1 fully saturated rings. The van der Waals surface area contributed by atoms with Crippen LogP contribution in [0.1, 0.15) is 26.7 Å². The average molecular weight is 349 g/mol. The Morgan fingerprint density at radius 2 is 1.84 bits per heavy atom. The molecule has 1 saturated heterocycles. The van der Waals surface area contributed by atoms with Gasteiger partial charge in [0.25, 0.3) is 0 Å². The van der Waals surface area contributed by atoms with Gasteiger partial charge in [0, 0.05) is 26.2 Å². The van der Waals surface area contributed by atoms with E-state index in [-0.39, 0.29) is 11.7 Å². The first-order valence-corrected chi connectivity index (χ1v) is 8.74. The molecule has 2 rings (SSSR count). The van der Waals surface area contributed by atoms with Gasteiger partial charge in [-0.3, -0.25) is 14.9 Å². The van der Waals surface area contributed by atoms with Gasteiger partial charge < -0.3 is 20.0 Å². The number of aromatic hydroxyl groups is 1. The van der Waals surface area contributed by atoms with Gasteiger partial charge in [0.15, 0.2) is 0 Å². The number of aliphatic carboxylic acids is 1. The molecular weight excluding hydrogens is 322 g/mol. The summed E-state index contributed by atoms with van der Waals surface area (Å²) in [6, 6.07) is 5.92. The highest BCUT2D eigenvalue weighted by Crippen LogP contribution is 2.27. The fraction of sp³-hybridized carbons (Fsp3) is 0.556. The van der Waals surface area contributed by atoms with Crippen molar-refractivity contribution >= 4 is 17.6 Å². The van der Waals surface area contributed by atoms with Gasteiger partial charge in [-0.15, -0.1) is 0 Å². The molecule has 1 aromatic rings. The molecule has 0 bridgehead atoms. The Morgan fingerprint density at radius 3 is 2.40 bits per heavy atom. The zero-order chi connectivity index (χ0) is 18.4. The number of carbonyl (C=O) groups is 2. The highest BCUT2D eigenvalue weighted by atomic mass is 16.4. The number of amides is 1. The lowest BCUT2D eigenvalue weighted by atomic mass is 10.1. The Labute approximate surface area is 148 Å². The van der Waals surface area contributed by atoms with E-state index in [4.69, 9.17) is 0 Å². The molecule has 2 unspecified atom stereocenters. The minimum atomic E-state index is -0.925. The summed E-state index contributed by atoms with van der Waals surface area (Å²) in [5.41, 5.74) is 0.773. The van der Waals surface area contributed by atoms with Gasteiger partial charge in [0.1, 0.15) is 11.8 Å². The molecule has 1 heterocycles. The van der Waals surface area contributed by atoms with Crippen LogP contribution in [-0.2, 0) is 9.59 Å². The zero-order valence-corrected chi connectivity index (χ0v) is 14.8. The summed E-state index contributed by atoms with van der Waals surface area (Å²) in [6.07, 6.45) is 1.23. The van der Waals surface area contributed by atoms with Crippen LogP contribution in [0.5, 0.6) is 5.75 Å². The molecule has 0 aliphatic carbocycles. The second-order valence-electron chi connectivity index (χ2n) is 6.37. The average Bonchev–Trinajstić information content (AvgIpc) is 2.61. The number of nitrogens with one attached hydrogen (secondary N) is 1. The van der Waals surface area contributed by atoms with E-state index >= 15 is 0 Å². The first-order chi connectivity index (χ1) is 11.9. The van der Waals surface area contributed by atoms with Crippen molar-refractivity contribution in [1.29, 1.82) is 0 Å². The number of carboxylic acids is 1. The number of benzene rings is 1. The number of para-hydroxylation sites is 2. The number of piperazine rings is 1. The van der Waals surface area contributed by atoms with Crippen molar-refractivity contribution in [3.8, 4) is 5.75 Å². The Kier molecular flexibility index (Phi) is 6.64. The SMILES string of the molecule is CCCC(NC(C)C(=O)N1CCN(c2ccccc2O)CC1)C(=O)O. The lowest BCUT2D eigenvalue weighted by Crippen LogP contribution is -2.55. The van der Waals surface area contributed by atoms with Crippen LogP contribution in [0.25, 0.3) is 0 Å². The number of carboxylic acid groups (broad SMARTS) is 1. The van der Waals surface area contributed by atoms with Crippen LogP contribution in [0.15, 0.2) is 24.3 Å².